The number of thiazole rings is 1. The first-order valence-corrected chi connectivity index (χ1v) is 7.37. The highest BCUT2D eigenvalue weighted by molar-refractivity contribution is 7.11. The normalized spacial score (nSPS) is 11.0. The Labute approximate surface area is 126 Å². The molecule has 0 saturated heterocycles. The molecule has 0 fully saturated rings. The molecule has 1 aromatic carbocycles. The third kappa shape index (κ3) is 2.29. The van der Waals surface area contributed by atoms with Gasteiger partial charge < -0.3 is 5.11 Å². The number of para-hydroxylation sites is 1. The Morgan fingerprint density at radius 1 is 1.19 bits per heavy atom. The molecule has 2 heterocycles. The number of fused-ring (bicyclic) bond motifs is 1. The zero-order valence-corrected chi connectivity index (χ0v) is 12.8. The van der Waals surface area contributed by atoms with Gasteiger partial charge in [-0.3, -0.25) is 0 Å². The van der Waals surface area contributed by atoms with Gasteiger partial charge in [-0.2, -0.15) is 0 Å². The number of benzene rings is 1. The molecule has 4 nitrogen and oxygen atoms in total. The van der Waals surface area contributed by atoms with Crippen molar-refractivity contribution < 1.29 is 9.90 Å². The summed E-state index contributed by atoms with van der Waals surface area (Å²) in [5.41, 5.74) is 3.34. The van der Waals surface area contributed by atoms with Crippen LogP contribution in [0.15, 0.2) is 24.3 Å². The van der Waals surface area contributed by atoms with Crippen LogP contribution in [0.1, 0.15) is 25.8 Å². The molecule has 0 aliphatic rings. The van der Waals surface area contributed by atoms with Crippen LogP contribution in [0.4, 0.5) is 0 Å². The van der Waals surface area contributed by atoms with E-state index in [1.165, 1.54) is 0 Å². The van der Waals surface area contributed by atoms with Crippen LogP contribution in [-0.4, -0.2) is 21.0 Å². The monoisotopic (exact) mass is 298 g/mol. The van der Waals surface area contributed by atoms with Gasteiger partial charge >= 0.3 is 5.97 Å². The van der Waals surface area contributed by atoms with E-state index >= 15 is 0 Å². The van der Waals surface area contributed by atoms with E-state index in [4.69, 9.17) is 0 Å². The van der Waals surface area contributed by atoms with Gasteiger partial charge in [-0.25, -0.2) is 14.8 Å². The second kappa shape index (κ2) is 4.93. The number of carboxylic acid groups (broad SMARTS) is 1. The van der Waals surface area contributed by atoms with Gasteiger partial charge in [0.2, 0.25) is 0 Å². The maximum atomic E-state index is 11.6. The molecule has 0 unspecified atom stereocenters. The molecule has 2 aromatic heterocycles. The average Bonchev–Trinajstić information content (AvgIpc) is 2.77. The van der Waals surface area contributed by atoms with Crippen LogP contribution < -0.4 is 0 Å². The van der Waals surface area contributed by atoms with Crippen LogP contribution in [0.2, 0.25) is 0 Å². The van der Waals surface area contributed by atoms with Crippen LogP contribution in [0, 0.1) is 20.8 Å². The quantitative estimate of drug-likeness (QED) is 0.777. The number of aryl methyl sites for hydroxylation is 3. The predicted molar refractivity (Wildman–Crippen MR) is 84.0 cm³/mol. The third-order valence-electron chi connectivity index (χ3n) is 3.42. The summed E-state index contributed by atoms with van der Waals surface area (Å²) in [5.74, 6) is -0.946. The maximum Gasteiger partial charge on any atom is 0.336 e. The molecule has 0 radical (unpaired) electrons. The van der Waals surface area contributed by atoms with Gasteiger partial charge in [-0.1, -0.05) is 18.2 Å². The maximum absolute atomic E-state index is 11.6. The van der Waals surface area contributed by atoms with Crippen molar-refractivity contribution in [1.29, 1.82) is 0 Å². The molecule has 1 N–H and O–H groups in total. The zero-order valence-electron chi connectivity index (χ0n) is 12.0. The van der Waals surface area contributed by atoms with Crippen molar-refractivity contribution in [3.63, 3.8) is 0 Å². The third-order valence-corrected chi connectivity index (χ3v) is 4.30. The summed E-state index contributed by atoms with van der Waals surface area (Å²) < 4.78 is 0. The number of aromatic carboxylic acids is 1. The molecule has 0 saturated carbocycles. The number of rotatable bonds is 2. The number of nitrogens with zero attached hydrogens (tertiary/aromatic N) is 2. The molecule has 5 heteroatoms. The van der Waals surface area contributed by atoms with Crippen molar-refractivity contribution in [3.8, 4) is 11.4 Å². The van der Waals surface area contributed by atoms with Gasteiger partial charge in [0.15, 0.2) is 0 Å². The second-order valence-corrected chi connectivity index (χ2v) is 6.38. The Balaban J connectivity index is 2.37. The van der Waals surface area contributed by atoms with Crippen LogP contribution >= 0.6 is 11.3 Å². The minimum Gasteiger partial charge on any atom is -0.478 e. The molecule has 0 aliphatic carbocycles. The molecular formula is C16H14N2O2S. The predicted octanol–water partition coefficient (Wildman–Crippen LogP) is 3.98. The van der Waals surface area contributed by atoms with Gasteiger partial charge in [0.05, 0.1) is 21.8 Å². The fourth-order valence-corrected chi connectivity index (χ4v) is 3.28. The van der Waals surface area contributed by atoms with E-state index in [0.717, 1.165) is 26.7 Å². The molecular weight excluding hydrogens is 284 g/mol. The van der Waals surface area contributed by atoms with Gasteiger partial charge in [0, 0.05) is 10.3 Å². The van der Waals surface area contributed by atoms with Crippen molar-refractivity contribution in [2.45, 2.75) is 20.8 Å². The Kier molecular flexibility index (Phi) is 3.22. The van der Waals surface area contributed by atoms with Crippen molar-refractivity contribution in [1.82, 2.24) is 9.97 Å². The average molecular weight is 298 g/mol. The van der Waals surface area contributed by atoms with Crippen molar-refractivity contribution in [3.05, 3.63) is 45.3 Å². The Morgan fingerprint density at radius 2 is 1.95 bits per heavy atom. The summed E-state index contributed by atoms with van der Waals surface area (Å²) in [6.45, 7) is 5.85. The SMILES string of the molecule is Cc1nc(-c2cc(C(=O)O)c3cccc(C)c3n2)c(C)s1. The molecule has 21 heavy (non-hydrogen) atoms. The second-order valence-electron chi connectivity index (χ2n) is 4.97. The molecule has 0 atom stereocenters. The lowest BCUT2D eigenvalue weighted by Gasteiger charge is -2.08. The Morgan fingerprint density at radius 3 is 2.57 bits per heavy atom. The number of carbonyl (C=O) groups is 1. The van der Waals surface area contributed by atoms with Crippen molar-refractivity contribution in [2.75, 3.05) is 0 Å². The summed E-state index contributed by atoms with van der Waals surface area (Å²) in [5, 5.41) is 11.1. The van der Waals surface area contributed by atoms with E-state index in [0.29, 0.717) is 11.1 Å². The lowest BCUT2D eigenvalue weighted by atomic mass is 10.0. The van der Waals surface area contributed by atoms with Crippen molar-refractivity contribution in [2.24, 2.45) is 0 Å². The first-order valence-electron chi connectivity index (χ1n) is 6.55. The van der Waals surface area contributed by atoms with Gasteiger partial charge in [0.25, 0.3) is 0 Å². The fourth-order valence-electron chi connectivity index (χ4n) is 2.46. The minimum absolute atomic E-state index is 0.267. The number of hydrogen-bond donors (Lipinski definition) is 1. The first-order chi connectivity index (χ1) is 9.97. The highest BCUT2D eigenvalue weighted by Crippen LogP contribution is 2.30. The zero-order chi connectivity index (χ0) is 15.1. The number of aromatic nitrogens is 2. The van der Waals surface area contributed by atoms with Gasteiger partial charge in [-0.05, 0) is 32.4 Å². The van der Waals surface area contributed by atoms with E-state index in [2.05, 4.69) is 9.97 Å². The number of pyridine rings is 1. The standard InChI is InChI=1S/C16H14N2O2S/c1-8-5-4-6-11-12(16(19)20)7-13(18-14(8)11)15-9(2)21-10(3)17-15/h4-7H,1-3H3,(H,19,20). The number of hydrogen-bond acceptors (Lipinski definition) is 4. The van der Waals surface area contributed by atoms with Crippen LogP contribution in [0.5, 0.6) is 0 Å². The Bertz CT molecular complexity index is 868. The summed E-state index contributed by atoms with van der Waals surface area (Å²) in [4.78, 5) is 21.7. The lowest BCUT2D eigenvalue weighted by molar-refractivity contribution is 0.0699. The molecule has 106 valence electrons. The molecule has 0 bridgehead atoms. The molecule has 0 aliphatic heterocycles. The van der Waals surface area contributed by atoms with Crippen LogP contribution in [0.3, 0.4) is 0 Å². The topological polar surface area (TPSA) is 63.1 Å². The summed E-state index contributed by atoms with van der Waals surface area (Å²) in [7, 11) is 0. The highest BCUT2D eigenvalue weighted by Gasteiger charge is 2.16. The van der Waals surface area contributed by atoms with E-state index in [1.807, 2.05) is 32.9 Å². The smallest absolute Gasteiger partial charge is 0.336 e. The van der Waals surface area contributed by atoms with E-state index < -0.39 is 5.97 Å². The molecule has 0 amide bonds. The summed E-state index contributed by atoms with van der Waals surface area (Å²) >= 11 is 1.59. The molecule has 0 spiro atoms. The molecule has 3 rings (SSSR count). The van der Waals surface area contributed by atoms with E-state index in [-0.39, 0.29) is 5.56 Å². The van der Waals surface area contributed by atoms with Gasteiger partial charge in [0.1, 0.15) is 5.69 Å². The lowest BCUT2D eigenvalue weighted by Crippen LogP contribution is -2.01. The van der Waals surface area contributed by atoms with Crippen LogP contribution in [-0.2, 0) is 0 Å². The minimum atomic E-state index is -0.946. The summed E-state index contributed by atoms with van der Waals surface area (Å²) in [6, 6.07) is 7.20. The molecule has 3 aromatic rings. The van der Waals surface area contributed by atoms with E-state index in [1.54, 1.807) is 23.5 Å². The Hall–Kier alpha value is -2.27. The van der Waals surface area contributed by atoms with Gasteiger partial charge in [-0.15, -0.1) is 11.3 Å². The van der Waals surface area contributed by atoms with Crippen LogP contribution in [0.25, 0.3) is 22.3 Å². The fraction of sp³-hybridized carbons (Fsp3) is 0.188. The largest absolute Gasteiger partial charge is 0.478 e. The highest BCUT2D eigenvalue weighted by atomic mass is 32.1. The first kappa shape index (κ1) is 13.7. The van der Waals surface area contributed by atoms with E-state index in [9.17, 15) is 9.90 Å². The van der Waals surface area contributed by atoms with Crippen molar-refractivity contribution >= 4 is 28.2 Å². The summed E-state index contributed by atoms with van der Waals surface area (Å²) in [6.07, 6.45) is 0. The number of carboxylic acids is 1.